The van der Waals surface area contributed by atoms with Crippen LogP contribution in [0, 0.1) is 13.8 Å². The Balaban J connectivity index is 2.12. The van der Waals surface area contributed by atoms with E-state index in [0.29, 0.717) is 11.2 Å². The molecule has 21 heavy (non-hydrogen) atoms. The zero-order valence-corrected chi connectivity index (χ0v) is 14.7. The molecule has 1 aliphatic heterocycles. The normalized spacial score (nSPS) is 20.5. The number of hydrogen-bond donors (Lipinski definition) is 1. The summed E-state index contributed by atoms with van der Waals surface area (Å²) in [5.74, 6) is 2.79. The zero-order valence-electron chi connectivity index (χ0n) is 13.9. The van der Waals surface area contributed by atoms with Gasteiger partial charge in [-0.3, -0.25) is 0 Å². The summed E-state index contributed by atoms with van der Waals surface area (Å²) < 4.78 is 0. The average Bonchev–Trinajstić information content (AvgIpc) is 2.47. The molecule has 0 saturated carbocycles. The molecule has 0 aliphatic carbocycles. The van der Waals surface area contributed by atoms with Crippen LogP contribution in [0.2, 0.25) is 0 Å². The molecule has 2 atom stereocenters. The molecule has 1 N–H and O–H groups in total. The molecule has 2 unspecified atom stereocenters. The topological polar surface area (TPSA) is 37.8 Å². The number of aryl methyl sites for hydroxylation is 2. The lowest BCUT2D eigenvalue weighted by Gasteiger charge is -2.23. The third kappa shape index (κ3) is 4.43. The highest BCUT2D eigenvalue weighted by Crippen LogP contribution is 2.37. The monoisotopic (exact) mass is 307 g/mol. The van der Waals surface area contributed by atoms with Crippen molar-refractivity contribution in [3.8, 4) is 0 Å². The van der Waals surface area contributed by atoms with Crippen molar-refractivity contribution in [3.63, 3.8) is 0 Å². The zero-order chi connectivity index (χ0) is 15.2. The summed E-state index contributed by atoms with van der Waals surface area (Å²) in [4.78, 5) is 9.69. The fourth-order valence-corrected chi connectivity index (χ4v) is 4.39. The van der Waals surface area contributed by atoms with Gasteiger partial charge in [0.2, 0.25) is 0 Å². The predicted octanol–water partition coefficient (Wildman–Crippen LogP) is 4.15. The molecule has 2 heterocycles. The van der Waals surface area contributed by atoms with Gasteiger partial charge in [0.25, 0.3) is 0 Å². The van der Waals surface area contributed by atoms with Gasteiger partial charge in [0, 0.05) is 17.9 Å². The van der Waals surface area contributed by atoms with Gasteiger partial charge in [-0.2, -0.15) is 11.8 Å². The van der Waals surface area contributed by atoms with Gasteiger partial charge >= 0.3 is 0 Å². The van der Waals surface area contributed by atoms with Gasteiger partial charge < -0.3 is 5.32 Å². The molecule has 0 bridgehead atoms. The van der Waals surface area contributed by atoms with Crippen LogP contribution in [-0.4, -0.2) is 28.8 Å². The van der Waals surface area contributed by atoms with Crippen LogP contribution in [-0.2, 0) is 0 Å². The molecule has 3 nitrogen and oxygen atoms in total. The Kier molecular flexibility index (Phi) is 6.49. The van der Waals surface area contributed by atoms with Crippen molar-refractivity contribution in [1.29, 1.82) is 0 Å². The Morgan fingerprint density at radius 3 is 2.52 bits per heavy atom. The van der Waals surface area contributed by atoms with Crippen molar-refractivity contribution in [2.45, 2.75) is 64.5 Å². The molecule has 2 rings (SSSR count). The molecule has 118 valence electrons. The van der Waals surface area contributed by atoms with Crippen LogP contribution >= 0.6 is 11.8 Å². The van der Waals surface area contributed by atoms with E-state index in [1.165, 1.54) is 48.4 Å². The van der Waals surface area contributed by atoms with E-state index in [9.17, 15) is 0 Å². The second kappa shape index (κ2) is 8.14. The maximum atomic E-state index is 4.85. The number of nitrogens with zero attached hydrogens (tertiary/aromatic N) is 2. The molecule has 0 spiro atoms. The van der Waals surface area contributed by atoms with Crippen molar-refractivity contribution in [3.05, 3.63) is 22.8 Å². The van der Waals surface area contributed by atoms with Gasteiger partial charge in [0.15, 0.2) is 0 Å². The lowest BCUT2D eigenvalue weighted by Crippen LogP contribution is -2.22. The van der Waals surface area contributed by atoms with Crippen molar-refractivity contribution in [2.24, 2.45) is 0 Å². The van der Waals surface area contributed by atoms with Gasteiger partial charge in [-0.1, -0.05) is 20.3 Å². The largest absolute Gasteiger partial charge is 0.316 e. The summed E-state index contributed by atoms with van der Waals surface area (Å²) in [6.45, 7) is 10.9. The summed E-state index contributed by atoms with van der Waals surface area (Å²) in [7, 11) is 0. The first kappa shape index (κ1) is 16.8. The summed E-state index contributed by atoms with van der Waals surface area (Å²) in [6, 6.07) is 0. The first-order chi connectivity index (χ1) is 10.1. The molecule has 1 saturated heterocycles. The fraction of sp³-hybridized carbons (Fsp3) is 0.765. The van der Waals surface area contributed by atoms with E-state index >= 15 is 0 Å². The van der Waals surface area contributed by atoms with Gasteiger partial charge in [-0.05, 0) is 56.9 Å². The molecule has 1 aromatic heterocycles. The minimum absolute atomic E-state index is 0.476. The van der Waals surface area contributed by atoms with Crippen LogP contribution in [0.15, 0.2) is 0 Å². The molecule has 1 fully saturated rings. The Bertz CT molecular complexity index is 432. The van der Waals surface area contributed by atoms with Crippen molar-refractivity contribution >= 4 is 11.8 Å². The van der Waals surface area contributed by atoms with Gasteiger partial charge in [0.05, 0.1) is 5.25 Å². The van der Waals surface area contributed by atoms with Crippen LogP contribution in [0.5, 0.6) is 0 Å². The smallest absolute Gasteiger partial charge is 0.141 e. The van der Waals surface area contributed by atoms with E-state index in [2.05, 4.69) is 33.0 Å². The van der Waals surface area contributed by atoms with Crippen molar-refractivity contribution in [2.75, 3.05) is 18.8 Å². The third-order valence-electron chi connectivity index (χ3n) is 4.18. The van der Waals surface area contributed by atoms with Gasteiger partial charge in [-0.25, -0.2) is 9.97 Å². The molecule has 0 amide bonds. The number of rotatable bonds is 6. The maximum absolute atomic E-state index is 4.85. The van der Waals surface area contributed by atoms with Crippen LogP contribution in [0.25, 0.3) is 0 Å². The maximum Gasteiger partial charge on any atom is 0.141 e. The van der Waals surface area contributed by atoms with E-state index in [-0.39, 0.29) is 0 Å². The highest BCUT2D eigenvalue weighted by Gasteiger charge is 2.22. The quantitative estimate of drug-likeness (QED) is 0.801. The minimum atomic E-state index is 0.476. The molecule has 1 aromatic rings. The minimum Gasteiger partial charge on any atom is -0.316 e. The lowest BCUT2D eigenvalue weighted by atomic mass is 9.97. The Hall–Kier alpha value is -0.610. The molecule has 0 aromatic carbocycles. The summed E-state index contributed by atoms with van der Waals surface area (Å²) in [5, 5.41) is 4.02. The SMILES string of the molecule is CCCNCC(C)c1c(C)nc(C2CCCCS2)nc1C. The van der Waals surface area contributed by atoms with Crippen LogP contribution in [0.4, 0.5) is 0 Å². The number of aromatic nitrogens is 2. The second-order valence-corrected chi connectivity index (χ2v) is 7.44. The van der Waals surface area contributed by atoms with E-state index in [1.54, 1.807) is 0 Å². The first-order valence-electron chi connectivity index (χ1n) is 8.30. The van der Waals surface area contributed by atoms with Gasteiger partial charge in [-0.15, -0.1) is 0 Å². The van der Waals surface area contributed by atoms with Gasteiger partial charge in [0.1, 0.15) is 5.82 Å². The lowest BCUT2D eigenvalue weighted by molar-refractivity contribution is 0.596. The predicted molar refractivity (Wildman–Crippen MR) is 92.1 cm³/mol. The standard InChI is InChI=1S/C17H29N3S/c1-5-9-18-11-12(2)16-13(3)19-17(20-14(16)4)15-8-6-7-10-21-15/h12,15,18H,5-11H2,1-4H3. The number of hydrogen-bond acceptors (Lipinski definition) is 4. The fourth-order valence-electron chi connectivity index (χ4n) is 3.15. The second-order valence-electron chi connectivity index (χ2n) is 6.13. The van der Waals surface area contributed by atoms with E-state index in [1.807, 2.05) is 11.8 Å². The van der Waals surface area contributed by atoms with E-state index in [0.717, 1.165) is 18.9 Å². The number of nitrogens with one attached hydrogen (secondary N) is 1. The summed E-state index contributed by atoms with van der Waals surface area (Å²) in [5.41, 5.74) is 3.69. The third-order valence-corrected chi connectivity index (χ3v) is 5.56. The van der Waals surface area contributed by atoms with Crippen LogP contribution in [0.1, 0.15) is 73.5 Å². The molecule has 1 aliphatic rings. The van der Waals surface area contributed by atoms with Crippen molar-refractivity contribution in [1.82, 2.24) is 15.3 Å². The highest BCUT2D eigenvalue weighted by atomic mass is 32.2. The number of thioether (sulfide) groups is 1. The molecule has 4 heteroatoms. The van der Waals surface area contributed by atoms with Crippen LogP contribution < -0.4 is 5.32 Å². The summed E-state index contributed by atoms with van der Waals surface area (Å²) >= 11 is 2.03. The molecule has 0 radical (unpaired) electrons. The average molecular weight is 308 g/mol. The molecular weight excluding hydrogens is 278 g/mol. The molecular formula is C17H29N3S. The Labute approximate surface area is 133 Å². The van der Waals surface area contributed by atoms with Crippen LogP contribution in [0.3, 0.4) is 0 Å². The Morgan fingerprint density at radius 1 is 1.24 bits per heavy atom. The van der Waals surface area contributed by atoms with E-state index in [4.69, 9.17) is 9.97 Å². The highest BCUT2D eigenvalue weighted by molar-refractivity contribution is 7.99. The van der Waals surface area contributed by atoms with E-state index < -0.39 is 0 Å². The van der Waals surface area contributed by atoms with Crippen molar-refractivity contribution < 1.29 is 0 Å². The Morgan fingerprint density at radius 2 is 1.95 bits per heavy atom. The summed E-state index contributed by atoms with van der Waals surface area (Å²) in [6.07, 6.45) is 5.07. The first-order valence-corrected chi connectivity index (χ1v) is 9.35.